The van der Waals surface area contributed by atoms with Gasteiger partial charge >= 0.3 is 0 Å². The Balaban J connectivity index is 1.71. The number of nitrogens with one attached hydrogen (secondary N) is 2. The lowest BCUT2D eigenvalue weighted by Gasteiger charge is -2.14. The van der Waals surface area contributed by atoms with Crippen LogP contribution in [0.15, 0.2) is 66.7 Å². The van der Waals surface area contributed by atoms with Crippen LogP contribution in [0.2, 0.25) is 0 Å². The number of carbonyl (C=O) groups excluding carboxylic acids is 2. The highest BCUT2D eigenvalue weighted by Gasteiger charge is 2.15. The van der Waals surface area contributed by atoms with Crippen molar-refractivity contribution < 1.29 is 18.4 Å². The van der Waals surface area contributed by atoms with Crippen molar-refractivity contribution in [3.05, 3.63) is 95.3 Å². The average Bonchev–Trinajstić information content (AvgIpc) is 2.71. The number of halogens is 2. The van der Waals surface area contributed by atoms with Gasteiger partial charge in [-0.2, -0.15) is 0 Å². The number of hydrogen-bond donors (Lipinski definition) is 2. The zero-order valence-corrected chi connectivity index (χ0v) is 14.9. The minimum Gasteiger partial charge on any atom is -0.344 e. The normalized spacial score (nSPS) is 11.5. The van der Waals surface area contributed by atoms with Gasteiger partial charge in [0.05, 0.1) is 6.04 Å². The van der Waals surface area contributed by atoms with E-state index in [0.717, 1.165) is 17.7 Å². The standard InChI is InChI=1S/C21H17F2N3O2/c1-13(14-6-3-2-4-7-14)24-20(27)18-8-5-9-19(26-18)21(28)25-15-10-11-16(22)17(23)12-15/h2-13H,1H3,(H,24,27)(H,25,28). The summed E-state index contributed by atoms with van der Waals surface area (Å²) in [4.78, 5) is 28.8. The first-order valence-corrected chi connectivity index (χ1v) is 8.53. The monoisotopic (exact) mass is 381 g/mol. The summed E-state index contributed by atoms with van der Waals surface area (Å²) < 4.78 is 26.3. The third-order valence-electron chi connectivity index (χ3n) is 4.04. The van der Waals surface area contributed by atoms with Crippen LogP contribution in [0.1, 0.15) is 39.5 Å². The van der Waals surface area contributed by atoms with Crippen molar-refractivity contribution in [1.29, 1.82) is 0 Å². The molecule has 2 N–H and O–H groups in total. The lowest BCUT2D eigenvalue weighted by Crippen LogP contribution is -2.28. The first-order valence-electron chi connectivity index (χ1n) is 8.53. The second-order valence-corrected chi connectivity index (χ2v) is 6.10. The number of nitrogens with zero attached hydrogens (tertiary/aromatic N) is 1. The molecule has 1 aromatic heterocycles. The Labute approximate surface area is 160 Å². The largest absolute Gasteiger partial charge is 0.344 e. The Morgan fingerprint density at radius 2 is 1.54 bits per heavy atom. The molecule has 0 fully saturated rings. The van der Waals surface area contributed by atoms with Crippen molar-refractivity contribution in [2.45, 2.75) is 13.0 Å². The van der Waals surface area contributed by atoms with Gasteiger partial charge in [-0.25, -0.2) is 13.8 Å². The summed E-state index contributed by atoms with van der Waals surface area (Å²) >= 11 is 0. The van der Waals surface area contributed by atoms with Gasteiger partial charge in [0.1, 0.15) is 11.4 Å². The molecule has 0 saturated heterocycles. The quantitative estimate of drug-likeness (QED) is 0.699. The third kappa shape index (κ3) is 4.56. The van der Waals surface area contributed by atoms with Gasteiger partial charge < -0.3 is 10.6 Å². The molecular weight excluding hydrogens is 364 g/mol. The minimum absolute atomic E-state index is 0.0234. The molecule has 142 valence electrons. The molecule has 0 saturated carbocycles. The Morgan fingerprint density at radius 3 is 2.21 bits per heavy atom. The van der Waals surface area contributed by atoms with E-state index in [1.165, 1.54) is 24.3 Å². The first-order chi connectivity index (χ1) is 13.4. The maximum atomic E-state index is 13.3. The zero-order valence-electron chi connectivity index (χ0n) is 14.9. The molecule has 0 bridgehead atoms. The van der Waals surface area contributed by atoms with E-state index >= 15 is 0 Å². The fourth-order valence-electron chi connectivity index (χ4n) is 2.55. The summed E-state index contributed by atoms with van der Waals surface area (Å²) in [6, 6.07) is 16.6. The summed E-state index contributed by atoms with van der Waals surface area (Å²) in [7, 11) is 0. The molecule has 2 amide bonds. The molecular formula is C21H17F2N3O2. The fourth-order valence-corrected chi connectivity index (χ4v) is 2.55. The second-order valence-electron chi connectivity index (χ2n) is 6.10. The Morgan fingerprint density at radius 1 is 0.857 bits per heavy atom. The Hall–Kier alpha value is -3.61. The molecule has 3 rings (SSSR count). The van der Waals surface area contributed by atoms with Crippen molar-refractivity contribution in [3.63, 3.8) is 0 Å². The van der Waals surface area contributed by atoms with Crippen LogP contribution in [0.4, 0.5) is 14.5 Å². The smallest absolute Gasteiger partial charge is 0.274 e. The molecule has 3 aromatic rings. The van der Waals surface area contributed by atoms with Crippen LogP contribution < -0.4 is 10.6 Å². The van der Waals surface area contributed by atoms with Gasteiger partial charge in [0.15, 0.2) is 11.6 Å². The van der Waals surface area contributed by atoms with Crippen LogP contribution in [0.5, 0.6) is 0 Å². The maximum absolute atomic E-state index is 13.3. The van der Waals surface area contributed by atoms with E-state index in [9.17, 15) is 18.4 Å². The van der Waals surface area contributed by atoms with Gasteiger partial charge in [-0.1, -0.05) is 36.4 Å². The van der Waals surface area contributed by atoms with E-state index < -0.39 is 23.4 Å². The molecule has 0 aliphatic carbocycles. The minimum atomic E-state index is -1.08. The molecule has 1 unspecified atom stereocenters. The Bertz CT molecular complexity index is 1010. The van der Waals surface area contributed by atoms with Gasteiger partial charge in [-0.05, 0) is 36.8 Å². The summed E-state index contributed by atoms with van der Waals surface area (Å²) in [6.45, 7) is 1.84. The number of benzene rings is 2. The highest BCUT2D eigenvalue weighted by atomic mass is 19.2. The molecule has 0 aliphatic heterocycles. The van der Waals surface area contributed by atoms with Crippen molar-refractivity contribution >= 4 is 17.5 Å². The lowest BCUT2D eigenvalue weighted by atomic mass is 10.1. The van der Waals surface area contributed by atoms with Gasteiger partial charge in [-0.15, -0.1) is 0 Å². The number of hydrogen-bond acceptors (Lipinski definition) is 3. The number of anilines is 1. The van der Waals surface area contributed by atoms with Crippen molar-refractivity contribution in [1.82, 2.24) is 10.3 Å². The number of pyridine rings is 1. The SMILES string of the molecule is CC(NC(=O)c1cccc(C(=O)Nc2ccc(F)c(F)c2)n1)c1ccccc1. The number of amides is 2. The molecule has 5 nitrogen and oxygen atoms in total. The molecule has 1 heterocycles. The van der Waals surface area contributed by atoms with Crippen LogP contribution in [0.3, 0.4) is 0 Å². The van der Waals surface area contributed by atoms with Crippen LogP contribution in [0.25, 0.3) is 0 Å². The van der Waals surface area contributed by atoms with Crippen LogP contribution in [-0.2, 0) is 0 Å². The fraction of sp³-hybridized carbons (Fsp3) is 0.0952. The molecule has 0 spiro atoms. The number of rotatable bonds is 5. The first kappa shape index (κ1) is 19.2. The zero-order chi connectivity index (χ0) is 20.1. The van der Waals surface area contributed by atoms with E-state index in [-0.39, 0.29) is 23.1 Å². The van der Waals surface area contributed by atoms with Gasteiger partial charge in [0.25, 0.3) is 11.8 Å². The molecule has 1 atom stereocenters. The second kappa shape index (κ2) is 8.39. The third-order valence-corrected chi connectivity index (χ3v) is 4.04. The Kier molecular flexibility index (Phi) is 5.74. The number of aromatic nitrogens is 1. The van der Waals surface area contributed by atoms with E-state index in [4.69, 9.17) is 0 Å². The van der Waals surface area contributed by atoms with Crippen LogP contribution in [-0.4, -0.2) is 16.8 Å². The molecule has 2 aromatic carbocycles. The summed E-state index contributed by atoms with van der Waals surface area (Å²) in [5, 5.41) is 5.24. The van der Waals surface area contributed by atoms with E-state index in [0.29, 0.717) is 0 Å². The van der Waals surface area contributed by atoms with Crippen LogP contribution in [0, 0.1) is 11.6 Å². The molecule has 0 radical (unpaired) electrons. The summed E-state index contributed by atoms with van der Waals surface area (Å²) in [6.07, 6.45) is 0. The topological polar surface area (TPSA) is 71.1 Å². The van der Waals surface area contributed by atoms with Crippen LogP contribution >= 0.6 is 0 Å². The molecule has 7 heteroatoms. The molecule has 28 heavy (non-hydrogen) atoms. The van der Waals surface area contributed by atoms with Gasteiger partial charge in [0.2, 0.25) is 0 Å². The van der Waals surface area contributed by atoms with Gasteiger partial charge in [0, 0.05) is 11.8 Å². The van der Waals surface area contributed by atoms with Crippen molar-refractivity contribution in [2.75, 3.05) is 5.32 Å². The maximum Gasteiger partial charge on any atom is 0.274 e. The van der Waals surface area contributed by atoms with Gasteiger partial charge in [-0.3, -0.25) is 9.59 Å². The predicted octanol–water partition coefficient (Wildman–Crippen LogP) is 4.10. The lowest BCUT2D eigenvalue weighted by molar-refractivity contribution is 0.0934. The predicted molar refractivity (Wildman–Crippen MR) is 101 cm³/mol. The van der Waals surface area contributed by atoms with Crippen molar-refractivity contribution in [3.8, 4) is 0 Å². The van der Waals surface area contributed by atoms with E-state index in [2.05, 4.69) is 15.6 Å². The summed E-state index contributed by atoms with van der Waals surface area (Å²) in [5.41, 5.74) is 1.06. The highest BCUT2D eigenvalue weighted by molar-refractivity contribution is 6.03. The van der Waals surface area contributed by atoms with E-state index in [1.54, 1.807) is 0 Å². The summed E-state index contributed by atoms with van der Waals surface area (Å²) in [5.74, 6) is -3.16. The average molecular weight is 381 g/mol. The highest BCUT2D eigenvalue weighted by Crippen LogP contribution is 2.15. The van der Waals surface area contributed by atoms with E-state index in [1.807, 2.05) is 37.3 Å². The number of carbonyl (C=O) groups is 2. The van der Waals surface area contributed by atoms with Crippen molar-refractivity contribution in [2.24, 2.45) is 0 Å². The molecule has 0 aliphatic rings.